The number of hydrogen-bond donors (Lipinski definition) is 6. The van der Waals surface area contributed by atoms with Crippen molar-refractivity contribution in [3.63, 3.8) is 0 Å². The predicted octanol–water partition coefficient (Wildman–Crippen LogP) is 0.800. The first kappa shape index (κ1) is 36.3. The molecule has 0 atom stereocenters. The Morgan fingerprint density at radius 2 is 1.33 bits per heavy atom. The lowest BCUT2D eigenvalue weighted by molar-refractivity contribution is -0.385. The maximum absolute atomic E-state index is 13.8. The molecule has 1 aliphatic rings. The first-order valence-corrected chi connectivity index (χ1v) is 16.6. The summed E-state index contributed by atoms with van der Waals surface area (Å²) in [6, 6.07) is 10.5. The van der Waals surface area contributed by atoms with E-state index >= 15 is 0 Å². The Labute approximate surface area is 287 Å². The van der Waals surface area contributed by atoms with E-state index in [1.54, 1.807) is 0 Å². The van der Waals surface area contributed by atoms with E-state index in [1.807, 2.05) is 0 Å². The van der Waals surface area contributed by atoms with E-state index in [4.69, 9.17) is 0 Å². The number of nitro benzene ring substituents is 2. The number of allylic oxidation sites excluding steroid dienone is 1. The van der Waals surface area contributed by atoms with Crippen molar-refractivity contribution in [1.29, 1.82) is 0 Å². The molecule has 1 aliphatic carbocycles. The summed E-state index contributed by atoms with van der Waals surface area (Å²) in [5, 5.41) is 42.1. The zero-order chi connectivity index (χ0) is 38.1. The number of anilines is 3. The van der Waals surface area contributed by atoms with Crippen molar-refractivity contribution < 1.29 is 45.7 Å². The summed E-state index contributed by atoms with van der Waals surface area (Å²) in [5.74, 6) is -1.97. The average molecular weight is 755 g/mol. The number of fused-ring (bicyclic) bond motifs is 1. The molecule has 0 spiro atoms. The normalized spacial score (nSPS) is 14.5. The van der Waals surface area contributed by atoms with Crippen molar-refractivity contribution in [3.05, 3.63) is 134 Å². The van der Waals surface area contributed by atoms with Crippen molar-refractivity contribution in [2.75, 3.05) is 16.3 Å². The third-order valence-corrected chi connectivity index (χ3v) is 8.60. The summed E-state index contributed by atoms with van der Waals surface area (Å²) in [5.41, 5.74) is 0.910. The fourth-order valence-corrected chi connectivity index (χ4v) is 5.66. The van der Waals surface area contributed by atoms with Crippen LogP contribution in [0.5, 0.6) is 5.75 Å². The molecule has 0 aliphatic heterocycles. The lowest BCUT2D eigenvalue weighted by Crippen LogP contribution is -2.48. The van der Waals surface area contributed by atoms with Gasteiger partial charge < -0.3 is 5.11 Å². The number of carbonyl (C=O) groups excluding carboxylic acids is 1. The molecule has 0 amide bonds. The van der Waals surface area contributed by atoms with Crippen molar-refractivity contribution in [1.82, 2.24) is 0 Å². The quantitative estimate of drug-likeness (QED) is 0.0564. The number of hydrogen-bond acceptors (Lipinski definition) is 18. The van der Waals surface area contributed by atoms with Gasteiger partial charge in [0.2, 0.25) is 16.6 Å². The number of non-ortho nitro benzene ring substituents is 2. The van der Waals surface area contributed by atoms with Crippen LogP contribution in [0.1, 0.15) is 15.9 Å². The van der Waals surface area contributed by atoms with Crippen LogP contribution in [-0.2, 0) is 20.2 Å². The number of nitro groups is 2. The van der Waals surface area contributed by atoms with Crippen LogP contribution in [0.25, 0.3) is 6.08 Å². The van der Waals surface area contributed by atoms with Gasteiger partial charge in [-0.2, -0.15) is 32.1 Å². The number of hydrazone groups is 1. The SMILES string of the molecule is O=C1/C(=N/Nc2cc([N+](=O)[O-])ccc2O)C(S(=O)(=O)O)=Cc2cc(S(=O)(=O)O)cc(N/N=c3/ccc(=O)/c(=N\Nc4ccc([N+](=O)[O-])cc4)c3=O)c21. The maximum atomic E-state index is 13.8. The van der Waals surface area contributed by atoms with E-state index in [2.05, 4.69) is 31.6 Å². The Morgan fingerprint density at radius 3 is 1.94 bits per heavy atom. The molecule has 0 fully saturated rings. The summed E-state index contributed by atoms with van der Waals surface area (Å²) in [4.78, 5) is 57.8. The third-order valence-electron chi connectivity index (χ3n) is 6.90. The van der Waals surface area contributed by atoms with Gasteiger partial charge in [-0.15, -0.1) is 0 Å². The zero-order valence-electron chi connectivity index (χ0n) is 25.3. The van der Waals surface area contributed by atoms with E-state index in [1.165, 1.54) is 12.1 Å². The van der Waals surface area contributed by atoms with Crippen LogP contribution in [0.3, 0.4) is 0 Å². The van der Waals surface area contributed by atoms with Gasteiger partial charge in [-0.3, -0.25) is 60.0 Å². The second kappa shape index (κ2) is 13.7. The molecule has 0 aromatic heterocycles. The first-order valence-electron chi connectivity index (χ1n) is 13.7. The maximum Gasteiger partial charge on any atom is 0.296 e. The van der Waals surface area contributed by atoms with Crippen LogP contribution >= 0.6 is 0 Å². The molecule has 24 heteroatoms. The van der Waals surface area contributed by atoms with Crippen LogP contribution < -0.4 is 37.8 Å². The molecule has 6 N–H and O–H groups in total. The largest absolute Gasteiger partial charge is 0.506 e. The number of carbonyl (C=O) groups is 1. The number of nitrogens with one attached hydrogen (secondary N) is 3. The van der Waals surface area contributed by atoms with Gasteiger partial charge in [0, 0.05) is 24.3 Å². The lowest BCUT2D eigenvalue weighted by atomic mass is 9.93. The number of benzene rings is 4. The van der Waals surface area contributed by atoms with E-state index in [-0.39, 0.29) is 11.4 Å². The molecule has 0 saturated heterocycles. The highest BCUT2D eigenvalue weighted by molar-refractivity contribution is 7.91. The number of Topliss-reactive ketones (excluding diaryl/α,β-unsaturated/α-hetero) is 1. The van der Waals surface area contributed by atoms with Crippen LogP contribution in [0, 0.1) is 20.2 Å². The molecule has 22 nitrogen and oxygen atoms in total. The summed E-state index contributed by atoms with van der Waals surface area (Å²) in [6.07, 6.45) is 0.603. The summed E-state index contributed by atoms with van der Waals surface area (Å²) in [6.45, 7) is 0. The molecule has 0 heterocycles. The molecule has 0 bridgehead atoms. The van der Waals surface area contributed by atoms with E-state index in [9.17, 15) is 65.7 Å². The number of aromatic hydroxyl groups is 1. The van der Waals surface area contributed by atoms with Gasteiger partial charge in [-0.1, -0.05) is 0 Å². The van der Waals surface area contributed by atoms with Gasteiger partial charge in [0.25, 0.3) is 31.6 Å². The van der Waals surface area contributed by atoms with Crippen LogP contribution in [0.4, 0.5) is 28.4 Å². The molecule has 52 heavy (non-hydrogen) atoms. The highest BCUT2D eigenvalue weighted by atomic mass is 32.2. The number of phenols is 1. The highest BCUT2D eigenvalue weighted by Crippen LogP contribution is 2.34. The van der Waals surface area contributed by atoms with Crippen molar-refractivity contribution >= 4 is 66.2 Å². The third kappa shape index (κ3) is 7.58. The van der Waals surface area contributed by atoms with E-state index in [0.29, 0.717) is 18.2 Å². The van der Waals surface area contributed by atoms with Crippen molar-refractivity contribution in [2.24, 2.45) is 15.3 Å². The van der Waals surface area contributed by atoms with Crippen molar-refractivity contribution in [3.8, 4) is 5.75 Å². The molecule has 0 saturated carbocycles. The fraction of sp³-hybridized carbons (Fsp3) is 0. The summed E-state index contributed by atoms with van der Waals surface area (Å²) >= 11 is 0. The van der Waals surface area contributed by atoms with Gasteiger partial charge >= 0.3 is 0 Å². The minimum atomic E-state index is -5.32. The fourth-order valence-electron chi connectivity index (χ4n) is 4.46. The monoisotopic (exact) mass is 754 g/mol. The Kier molecular flexibility index (Phi) is 9.56. The molecular weight excluding hydrogens is 736 g/mol. The Bertz CT molecular complexity index is 2740. The molecular formula is C28H18N8O14S2. The number of phenolic OH excluding ortho intramolecular Hbond substituents is 1. The van der Waals surface area contributed by atoms with E-state index in [0.717, 1.165) is 42.5 Å². The minimum Gasteiger partial charge on any atom is -0.506 e. The van der Waals surface area contributed by atoms with Gasteiger partial charge in [-0.05, 0) is 54.1 Å². The van der Waals surface area contributed by atoms with Crippen LogP contribution in [-0.4, -0.2) is 52.4 Å². The second-order valence-corrected chi connectivity index (χ2v) is 13.1. The Morgan fingerprint density at radius 1 is 0.692 bits per heavy atom. The van der Waals surface area contributed by atoms with Gasteiger partial charge in [0.15, 0.2) is 11.1 Å². The lowest BCUT2D eigenvalue weighted by Gasteiger charge is -2.19. The zero-order valence-corrected chi connectivity index (χ0v) is 26.9. The number of nitrogens with zero attached hydrogens (tertiary/aromatic N) is 5. The second-order valence-electron chi connectivity index (χ2n) is 10.3. The molecule has 4 aromatic rings. The summed E-state index contributed by atoms with van der Waals surface area (Å²) < 4.78 is 68.5. The molecule has 0 unspecified atom stereocenters. The predicted molar refractivity (Wildman–Crippen MR) is 179 cm³/mol. The Hall–Kier alpha value is -7.02. The van der Waals surface area contributed by atoms with Crippen LogP contribution in [0.2, 0.25) is 0 Å². The topological polar surface area (TPSA) is 340 Å². The van der Waals surface area contributed by atoms with Crippen LogP contribution in [0.15, 0.2) is 101 Å². The molecule has 5 rings (SSSR count). The number of rotatable bonds is 10. The van der Waals surface area contributed by atoms with Gasteiger partial charge in [-0.25, -0.2) is 0 Å². The highest BCUT2D eigenvalue weighted by Gasteiger charge is 2.36. The average Bonchev–Trinajstić information content (AvgIpc) is 3.06. The molecule has 4 aromatic carbocycles. The first-order chi connectivity index (χ1) is 24.3. The van der Waals surface area contributed by atoms with Crippen molar-refractivity contribution in [2.45, 2.75) is 4.90 Å². The van der Waals surface area contributed by atoms with Gasteiger partial charge in [0.1, 0.15) is 21.7 Å². The standard InChI is InChI=1S/C28H18N8O14S2/c37-21-7-5-16(36(43)44)11-19(21)31-34-26-23(52(48,49)50)10-13-9-17(51(45,46)47)12-20(24(13)28(26)40)32-30-18-6-8-22(38)25(27(18)39)33-29-14-1-3-15(4-2-14)35(41)42/h1-12,29,31-32,37H,(H,45,46,47)(H,48,49,50)/b30-18-,33-25+,34-26+. The Balaban J connectivity index is 1.62. The minimum absolute atomic E-state index is 0.155. The van der Waals surface area contributed by atoms with E-state index < -0.39 is 107 Å². The van der Waals surface area contributed by atoms with Gasteiger partial charge in [0.05, 0.1) is 31.7 Å². The molecule has 0 radical (unpaired) electrons. The molecule has 266 valence electrons. The number of ketones is 1. The summed E-state index contributed by atoms with van der Waals surface area (Å²) in [7, 11) is -10.4. The smallest absolute Gasteiger partial charge is 0.296 e.